The summed E-state index contributed by atoms with van der Waals surface area (Å²) in [5.74, 6) is 0.690. The minimum Gasteiger partial charge on any atom is -0.0647 e. The Balaban J connectivity index is 4.20. The van der Waals surface area contributed by atoms with Gasteiger partial charge in [0.05, 0.1) is 0 Å². The molecule has 0 N–H and O–H groups in total. The fraction of sp³-hybridized carbons (Fsp3) is 0.875. The highest BCUT2D eigenvalue weighted by molar-refractivity contribution is 8.04. The van der Waals surface area contributed by atoms with Gasteiger partial charge in [0.2, 0.25) is 0 Å². The molecule has 0 bridgehead atoms. The van der Waals surface area contributed by atoms with Crippen LogP contribution in [0.5, 0.6) is 0 Å². The van der Waals surface area contributed by atoms with Gasteiger partial charge in [0.1, 0.15) is 0 Å². The van der Waals surface area contributed by atoms with Crippen molar-refractivity contribution in [3.8, 4) is 0 Å². The molecule has 0 aromatic heterocycles. The van der Waals surface area contributed by atoms with Gasteiger partial charge in [-0.1, -0.05) is 38.9 Å². The molecule has 0 rings (SSSR count). The Morgan fingerprint density at radius 2 is 2.00 bits per heavy atom. The second-order valence-corrected chi connectivity index (χ2v) is 6.13. The van der Waals surface area contributed by atoms with E-state index in [9.17, 15) is 0 Å². The first-order chi connectivity index (χ1) is 4.59. The summed E-state index contributed by atoms with van der Waals surface area (Å²) in [6.45, 7) is 8.87. The summed E-state index contributed by atoms with van der Waals surface area (Å²) in [6, 6.07) is 0. The van der Waals surface area contributed by atoms with Crippen LogP contribution in [0.3, 0.4) is 0 Å². The van der Waals surface area contributed by atoms with Crippen LogP contribution in [0, 0.1) is 5.92 Å². The van der Waals surface area contributed by atoms with Gasteiger partial charge in [0.15, 0.2) is 0 Å². The maximum atomic E-state index is 5.36. The molecular formula is C8H17PS. The van der Waals surface area contributed by atoms with Crippen LogP contribution in [-0.2, 0) is 11.8 Å². The highest BCUT2D eigenvalue weighted by Gasteiger charge is 1.97. The molecule has 0 saturated carbocycles. The summed E-state index contributed by atoms with van der Waals surface area (Å²) in [5, 5.41) is 1.53. The minimum atomic E-state index is -0.181. The predicted octanol–water partition coefficient (Wildman–Crippen LogP) is 3.19. The van der Waals surface area contributed by atoms with Crippen molar-refractivity contribution in [1.82, 2.24) is 0 Å². The van der Waals surface area contributed by atoms with E-state index in [1.165, 1.54) is 17.9 Å². The van der Waals surface area contributed by atoms with Crippen LogP contribution in [-0.4, -0.2) is 11.5 Å². The standard InChI is InChI=1S/C8H17PS/c1-5-6-9(10)8(4)7(2)3/h7H,5-6H2,1-4H3. The fourth-order valence-corrected chi connectivity index (χ4v) is 3.18. The molecule has 0 aliphatic rings. The van der Waals surface area contributed by atoms with E-state index in [4.69, 9.17) is 11.8 Å². The summed E-state index contributed by atoms with van der Waals surface area (Å²) in [4.78, 5) is 0. The van der Waals surface area contributed by atoms with Gasteiger partial charge in [-0.2, -0.15) is 0 Å². The van der Waals surface area contributed by atoms with E-state index >= 15 is 0 Å². The molecule has 0 fully saturated rings. The third-order valence-electron chi connectivity index (χ3n) is 1.66. The summed E-state index contributed by atoms with van der Waals surface area (Å²) in [6.07, 6.45) is 2.28. The number of hydrogen-bond donors (Lipinski definition) is 0. The maximum absolute atomic E-state index is 5.36. The highest BCUT2D eigenvalue weighted by atomic mass is 32.4. The predicted molar refractivity (Wildman–Crippen MR) is 55.0 cm³/mol. The Hall–Kier alpha value is 0.390. The van der Waals surface area contributed by atoms with Crippen molar-refractivity contribution in [1.29, 1.82) is 0 Å². The second kappa shape index (κ2) is 5.09. The molecule has 1 unspecified atom stereocenters. The van der Waals surface area contributed by atoms with Crippen molar-refractivity contribution in [3.63, 3.8) is 0 Å². The summed E-state index contributed by atoms with van der Waals surface area (Å²) in [7, 11) is 0. The molecule has 1 atom stereocenters. The first-order valence-electron chi connectivity index (χ1n) is 3.87. The molecule has 0 aromatic carbocycles. The average molecular weight is 176 g/mol. The van der Waals surface area contributed by atoms with Crippen molar-refractivity contribution < 1.29 is 0 Å². The Bertz CT molecular complexity index is 164. The van der Waals surface area contributed by atoms with Crippen LogP contribution in [0.4, 0.5) is 0 Å². The van der Waals surface area contributed by atoms with Crippen molar-refractivity contribution in [2.24, 2.45) is 5.92 Å². The lowest BCUT2D eigenvalue weighted by Gasteiger charge is -2.04. The Morgan fingerprint density at radius 3 is 2.30 bits per heavy atom. The Kier molecular flexibility index (Phi) is 5.29. The van der Waals surface area contributed by atoms with E-state index in [0.29, 0.717) is 5.92 Å². The van der Waals surface area contributed by atoms with E-state index in [1.807, 2.05) is 0 Å². The molecule has 10 heavy (non-hydrogen) atoms. The molecule has 0 nitrogen and oxygen atoms in total. The first kappa shape index (κ1) is 10.4. The monoisotopic (exact) mass is 176 g/mol. The molecule has 0 amide bonds. The van der Waals surface area contributed by atoms with Crippen molar-refractivity contribution >= 4 is 23.4 Å². The molecule has 0 saturated heterocycles. The van der Waals surface area contributed by atoms with Gasteiger partial charge in [-0.3, -0.25) is 0 Å². The first-order valence-corrected chi connectivity index (χ1v) is 6.41. The SMILES string of the molecule is CCCP(=S)=C(C)C(C)C. The van der Waals surface area contributed by atoms with Crippen LogP contribution in [0.2, 0.25) is 0 Å². The molecule has 60 valence electrons. The number of rotatable bonds is 3. The zero-order valence-electron chi connectivity index (χ0n) is 7.35. The molecule has 0 heterocycles. The maximum Gasteiger partial charge on any atom is -0.00466 e. The van der Waals surface area contributed by atoms with E-state index in [0.717, 1.165) is 0 Å². The lowest BCUT2D eigenvalue weighted by atomic mass is 10.2. The third-order valence-corrected chi connectivity index (χ3v) is 5.22. The molecule has 0 aliphatic carbocycles. The zero-order valence-corrected chi connectivity index (χ0v) is 9.06. The zero-order chi connectivity index (χ0) is 8.15. The minimum absolute atomic E-state index is 0.181. The van der Waals surface area contributed by atoms with Crippen LogP contribution in [0.25, 0.3) is 0 Å². The van der Waals surface area contributed by atoms with Gasteiger partial charge in [-0.25, -0.2) is 0 Å². The number of hydrogen-bond acceptors (Lipinski definition) is 1. The van der Waals surface area contributed by atoms with E-state index in [1.54, 1.807) is 0 Å². The van der Waals surface area contributed by atoms with Crippen LogP contribution < -0.4 is 0 Å². The van der Waals surface area contributed by atoms with Gasteiger partial charge < -0.3 is 0 Å². The van der Waals surface area contributed by atoms with Crippen molar-refractivity contribution in [2.45, 2.75) is 34.1 Å². The highest BCUT2D eigenvalue weighted by Crippen LogP contribution is 2.16. The molecule has 0 radical (unpaired) electrons. The third kappa shape index (κ3) is 3.53. The lowest BCUT2D eigenvalue weighted by Crippen LogP contribution is -1.99. The van der Waals surface area contributed by atoms with Crippen molar-refractivity contribution in [3.05, 3.63) is 0 Å². The van der Waals surface area contributed by atoms with Crippen molar-refractivity contribution in [2.75, 3.05) is 6.16 Å². The van der Waals surface area contributed by atoms with Gasteiger partial charge in [0.25, 0.3) is 0 Å². The Labute approximate surface area is 70.1 Å². The summed E-state index contributed by atoms with van der Waals surface area (Å²) < 4.78 is 0. The fourth-order valence-electron chi connectivity index (χ4n) is 0.667. The molecular weight excluding hydrogens is 159 g/mol. The summed E-state index contributed by atoms with van der Waals surface area (Å²) in [5.41, 5.74) is 0. The molecule has 0 aromatic rings. The van der Waals surface area contributed by atoms with Gasteiger partial charge >= 0.3 is 0 Å². The average Bonchev–Trinajstić information content (AvgIpc) is 1.87. The lowest BCUT2D eigenvalue weighted by molar-refractivity contribution is 0.895. The largest absolute Gasteiger partial charge is 0.0647 e. The van der Waals surface area contributed by atoms with E-state index in [-0.39, 0.29) is 6.32 Å². The Morgan fingerprint density at radius 1 is 1.50 bits per heavy atom. The molecule has 2 heteroatoms. The van der Waals surface area contributed by atoms with Crippen LogP contribution in [0.1, 0.15) is 34.1 Å². The van der Waals surface area contributed by atoms with Gasteiger partial charge in [-0.15, -0.1) is 0 Å². The molecule has 0 aliphatic heterocycles. The van der Waals surface area contributed by atoms with Crippen LogP contribution >= 0.6 is 6.32 Å². The van der Waals surface area contributed by atoms with Crippen LogP contribution in [0.15, 0.2) is 0 Å². The van der Waals surface area contributed by atoms with Gasteiger partial charge in [-0.05, 0) is 30.7 Å². The van der Waals surface area contributed by atoms with E-state index < -0.39 is 0 Å². The quantitative estimate of drug-likeness (QED) is 0.595. The topological polar surface area (TPSA) is 0 Å². The molecule has 0 spiro atoms. The normalized spacial score (nSPS) is 13.7. The smallest absolute Gasteiger partial charge is 0.00466 e. The van der Waals surface area contributed by atoms with E-state index in [2.05, 4.69) is 27.7 Å². The second-order valence-electron chi connectivity index (χ2n) is 2.90. The van der Waals surface area contributed by atoms with Gasteiger partial charge in [0, 0.05) is 0 Å². The summed E-state index contributed by atoms with van der Waals surface area (Å²) >= 11 is 5.36.